The Hall–Kier alpha value is -1.18. The lowest BCUT2D eigenvalue weighted by atomic mass is 10.2. The fraction of sp³-hybridized carbons (Fsp3) is 0.231. The quantitative estimate of drug-likeness (QED) is 0.839. The molecule has 0 N–H and O–H groups in total. The Morgan fingerprint density at radius 3 is 2.55 bits per heavy atom. The SMILES string of the molecule is Cc1cc(F)ccc1S(=O)(=O)N(C)Cc1ccc(Br)o1. The Morgan fingerprint density at radius 2 is 2.00 bits per heavy atom. The highest BCUT2D eigenvalue weighted by Gasteiger charge is 2.23. The minimum atomic E-state index is -3.68. The van der Waals surface area contributed by atoms with Crippen LogP contribution in [0.4, 0.5) is 4.39 Å². The van der Waals surface area contributed by atoms with E-state index in [1.54, 1.807) is 19.1 Å². The van der Waals surface area contributed by atoms with Gasteiger partial charge in [-0.15, -0.1) is 0 Å². The topological polar surface area (TPSA) is 50.5 Å². The number of rotatable bonds is 4. The van der Waals surface area contributed by atoms with Crippen molar-refractivity contribution in [1.82, 2.24) is 4.31 Å². The van der Waals surface area contributed by atoms with Crippen LogP contribution < -0.4 is 0 Å². The van der Waals surface area contributed by atoms with Crippen LogP contribution in [-0.2, 0) is 16.6 Å². The number of furan rings is 1. The average Bonchev–Trinajstić information content (AvgIpc) is 2.74. The molecule has 0 atom stereocenters. The van der Waals surface area contributed by atoms with E-state index >= 15 is 0 Å². The van der Waals surface area contributed by atoms with Crippen molar-refractivity contribution in [2.45, 2.75) is 18.4 Å². The molecule has 0 aliphatic carbocycles. The van der Waals surface area contributed by atoms with Gasteiger partial charge in [0.25, 0.3) is 0 Å². The molecule has 0 amide bonds. The lowest BCUT2D eigenvalue weighted by molar-refractivity contribution is 0.398. The van der Waals surface area contributed by atoms with E-state index in [2.05, 4.69) is 15.9 Å². The number of benzene rings is 1. The van der Waals surface area contributed by atoms with Gasteiger partial charge in [0.1, 0.15) is 11.6 Å². The van der Waals surface area contributed by atoms with Crippen molar-refractivity contribution in [2.24, 2.45) is 0 Å². The zero-order valence-electron chi connectivity index (χ0n) is 10.9. The zero-order valence-corrected chi connectivity index (χ0v) is 13.3. The second-order valence-corrected chi connectivity index (χ2v) is 7.17. The number of sulfonamides is 1. The van der Waals surface area contributed by atoms with Crippen LogP contribution in [0.3, 0.4) is 0 Å². The summed E-state index contributed by atoms with van der Waals surface area (Å²) in [6.07, 6.45) is 0. The van der Waals surface area contributed by atoms with Crippen molar-refractivity contribution in [3.63, 3.8) is 0 Å². The first-order chi connectivity index (χ1) is 9.30. The maximum absolute atomic E-state index is 13.1. The molecule has 0 saturated carbocycles. The Bertz CT molecular complexity index is 727. The molecule has 0 bridgehead atoms. The van der Waals surface area contributed by atoms with Crippen LogP contribution in [0.5, 0.6) is 0 Å². The van der Waals surface area contributed by atoms with Crippen LogP contribution in [0.2, 0.25) is 0 Å². The molecule has 20 heavy (non-hydrogen) atoms. The first-order valence-corrected chi connectivity index (χ1v) is 8.01. The van der Waals surface area contributed by atoms with Crippen molar-refractivity contribution >= 4 is 26.0 Å². The summed E-state index contributed by atoms with van der Waals surface area (Å²) in [7, 11) is -2.23. The largest absolute Gasteiger partial charge is 0.453 e. The summed E-state index contributed by atoms with van der Waals surface area (Å²) in [6, 6.07) is 6.99. The number of halogens is 2. The van der Waals surface area contributed by atoms with Gasteiger partial charge in [0, 0.05) is 7.05 Å². The number of nitrogens with zero attached hydrogens (tertiary/aromatic N) is 1. The van der Waals surface area contributed by atoms with Gasteiger partial charge in [0.05, 0.1) is 11.4 Å². The van der Waals surface area contributed by atoms with E-state index in [0.29, 0.717) is 16.0 Å². The van der Waals surface area contributed by atoms with E-state index in [1.165, 1.54) is 23.5 Å². The molecule has 0 saturated heterocycles. The van der Waals surface area contributed by atoms with Crippen LogP contribution in [0.25, 0.3) is 0 Å². The Balaban J connectivity index is 2.29. The second-order valence-electron chi connectivity index (χ2n) is 4.38. The fourth-order valence-electron chi connectivity index (χ4n) is 1.81. The third-order valence-electron chi connectivity index (χ3n) is 2.83. The summed E-state index contributed by atoms with van der Waals surface area (Å²) in [5.41, 5.74) is 0.373. The van der Waals surface area contributed by atoms with Crippen molar-refractivity contribution in [3.8, 4) is 0 Å². The molecular formula is C13H13BrFNO3S. The lowest BCUT2D eigenvalue weighted by Gasteiger charge is -2.17. The average molecular weight is 362 g/mol. The van der Waals surface area contributed by atoms with Crippen molar-refractivity contribution in [2.75, 3.05) is 7.05 Å². The van der Waals surface area contributed by atoms with Gasteiger partial charge in [-0.3, -0.25) is 0 Å². The Morgan fingerprint density at radius 1 is 1.30 bits per heavy atom. The van der Waals surface area contributed by atoms with Crippen LogP contribution in [0, 0.1) is 12.7 Å². The summed E-state index contributed by atoms with van der Waals surface area (Å²) < 4.78 is 44.9. The number of aryl methyl sites for hydroxylation is 1. The molecule has 0 radical (unpaired) electrons. The summed E-state index contributed by atoms with van der Waals surface area (Å²) in [5, 5.41) is 0. The van der Waals surface area contributed by atoms with Crippen molar-refractivity contribution in [1.29, 1.82) is 0 Å². The van der Waals surface area contributed by atoms with Gasteiger partial charge in [-0.1, -0.05) is 0 Å². The van der Waals surface area contributed by atoms with E-state index < -0.39 is 15.8 Å². The Labute approximate surface area is 125 Å². The van der Waals surface area contributed by atoms with Crippen molar-refractivity contribution < 1.29 is 17.2 Å². The van der Waals surface area contributed by atoms with E-state index in [4.69, 9.17) is 4.42 Å². The molecule has 7 heteroatoms. The van der Waals surface area contributed by atoms with E-state index in [9.17, 15) is 12.8 Å². The van der Waals surface area contributed by atoms with Gasteiger partial charge < -0.3 is 4.42 Å². The van der Waals surface area contributed by atoms with Gasteiger partial charge in [-0.2, -0.15) is 4.31 Å². The highest BCUT2D eigenvalue weighted by atomic mass is 79.9. The normalized spacial score (nSPS) is 12.1. The monoisotopic (exact) mass is 361 g/mol. The maximum Gasteiger partial charge on any atom is 0.243 e. The van der Waals surface area contributed by atoms with E-state index in [-0.39, 0.29) is 11.4 Å². The highest BCUT2D eigenvalue weighted by molar-refractivity contribution is 9.10. The van der Waals surface area contributed by atoms with E-state index in [0.717, 1.165) is 6.07 Å². The molecule has 0 fully saturated rings. The maximum atomic E-state index is 13.1. The molecule has 2 rings (SSSR count). The van der Waals surface area contributed by atoms with Crippen LogP contribution in [0.15, 0.2) is 44.3 Å². The molecule has 0 spiro atoms. The third-order valence-corrected chi connectivity index (χ3v) is 5.22. The molecule has 4 nitrogen and oxygen atoms in total. The lowest BCUT2D eigenvalue weighted by Crippen LogP contribution is -2.27. The number of hydrogen-bond donors (Lipinski definition) is 0. The summed E-state index contributed by atoms with van der Waals surface area (Å²) >= 11 is 3.16. The molecule has 1 aromatic carbocycles. The van der Waals surface area contributed by atoms with Crippen LogP contribution >= 0.6 is 15.9 Å². The minimum Gasteiger partial charge on any atom is -0.453 e. The van der Waals surface area contributed by atoms with Gasteiger partial charge in [0.2, 0.25) is 10.0 Å². The fourth-order valence-corrected chi connectivity index (χ4v) is 3.49. The first-order valence-electron chi connectivity index (χ1n) is 5.77. The number of hydrogen-bond acceptors (Lipinski definition) is 3. The predicted octanol–water partition coefficient (Wildman–Crippen LogP) is 3.31. The highest BCUT2D eigenvalue weighted by Crippen LogP contribution is 2.22. The van der Waals surface area contributed by atoms with Gasteiger partial charge in [-0.25, -0.2) is 12.8 Å². The Kier molecular flexibility index (Phi) is 4.31. The smallest absolute Gasteiger partial charge is 0.243 e. The summed E-state index contributed by atoms with van der Waals surface area (Å²) in [5.74, 6) is 0.0572. The molecule has 0 aliphatic rings. The first kappa shape index (κ1) is 15.2. The summed E-state index contributed by atoms with van der Waals surface area (Å²) in [4.78, 5) is 0.0898. The minimum absolute atomic E-state index is 0.0898. The van der Waals surface area contributed by atoms with Gasteiger partial charge >= 0.3 is 0 Å². The standard InChI is InChI=1S/C13H13BrFNO3S/c1-9-7-10(15)3-5-12(9)20(17,18)16(2)8-11-4-6-13(14)19-11/h3-7H,8H2,1-2H3. The zero-order chi connectivity index (χ0) is 14.9. The predicted molar refractivity (Wildman–Crippen MR) is 76.2 cm³/mol. The van der Waals surface area contributed by atoms with Crippen molar-refractivity contribution in [3.05, 3.63) is 52.1 Å². The molecule has 1 aromatic heterocycles. The molecule has 0 unspecified atom stereocenters. The van der Waals surface area contributed by atoms with Gasteiger partial charge in [0.15, 0.2) is 4.67 Å². The van der Waals surface area contributed by atoms with Gasteiger partial charge in [-0.05, 0) is 58.7 Å². The van der Waals surface area contributed by atoms with E-state index in [1.807, 2.05) is 0 Å². The third kappa shape index (κ3) is 3.11. The second kappa shape index (κ2) is 5.67. The molecule has 108 valence electrons. The molecule has 1 heterocycles. The molecular weight excluding hydrogens is 349 g/mol. The molecule has 0 aliphatic heterocycles. The van der Waals surface area contributed by atoms with Crippen LogP contribution in [-0.4, -0.2) is 19.8 Å². The van der Waals surface area contributed by atoms with Crippen LogP contribution in [0.1, 0.15) is 11.3 Å². The molecule has 2 aromatic rings. The summed E-state index contributed by atoms with van der Waals surface area (Å²) in [6.45, 7) is 1.66.